The van der Waals surface area contributed by atoms with Crippen molar-refractivity contribution >= 4 is 45.0 Å². The molecule has 0 fully saturated rings. The van der Waals surface area contributed by atoms with Crippen LogP contribution in [-0.4, -0.2) is 21.8 Å². The summed E-state index contributed by atoms with van der Waals surface area (Å²) in [6.07, 6.45) is 0. The topological polar surface area (TPSA) is 50.2 Å². The van der Waals surface area contributed by atoms with E-state index in [1.54, 1.807) is 0 Å². The van der Waals surface area contributed by atoms with Crippen LogP contribution in [0.25, 0.3) is 11.3 Å². The molecular weight excluding hydrogens is 322 g/mol. The van der Waals surface area contributed by atoms with Crippen molar-refractivity contribution in [3.63, 3.8) is 0 Å². The van der Waals surface area contributed by atoms with Crippen LogP contribution in [0.3, 0.4) is 0 Å². The molecule has 0 atom stereocenters. The highest BCUT2D eigenvalue weighted by atomic mass is 79.9. The van der Waals surface area contributed by atoms with Gasteiger partial charge in [0.2, 0.25) is 0 Å². The number of thiazole rings is 1. The van der Waals surface area contributed by atoms with Gasteiger partial charge in [-0.1, -0.05) is 39.8 Å². The average molecular weight is 330 g/mol. The van der Waals surface area contributed by atoms with Gasteiger partial charge in [0.25, 0.3) is 0 Å². The standard InChI is InChI=1S/C11H8BrNO2S2/c12-8-3-1-2-7(4-8)9-5-16-11(13-9)17-6-10(14)15/h1-5H,6H2,(H,14,15). The quantitative estimate of drug-likeness (QED) is 0.868. The molecule has 0 radical (unpaired) electrons. The fraction of sp³-hybridized carbons (Fsp3) is 0.0909. The van der Waals surface area contributed by atoms with Crippen LogP contribution in [0.1, 0.15) is 0 Å². The third-order valence-electron chi connectivity index (χ3n) is 1.92. The molecule has 1 aromatic heterocycles. The van der Waals surface area contributed by atoms with Crippen LogP contribution in [0, 0.1) is 0 Å². The summed E-state index contributed by atoms with van der Waals surface area (Å²) in [6, 6.07) is 7.87. The monoisotopic (exact) mass is 329 g/mol. The SMILES string of the molecule is O=C(O)CSc1nc(-c2cccc(Br)c2)cs1. The molecule has 2 aromatic rings. The van der Waals surface area contributed by atoms with Gasteiger partial charge >= 0.3 is 5.97 Å². The second-order valence-electron chi connectivity index (χ2n) is 3.19. The lowest BCUT2D eigenvalue weighted by molar-refractivity contribution is -0.133. The summed E-state index contributed by atoms with van der Waals surface area (Å²) in [6.45, 7) is 0. The largest absolute Gasteiger partial charge is 0.481 e. The molecule has 17 heavy (non-hydrogen) atoms. The summed E-state index contributed by atoms with van der Waals surface area (Å²) in [4.78, 5) is 14.8. The Bertz CT molecular complexity index is 542. The first-order chi connectivity index (χ1) is 8.15. The van der Waals surface area contributed by atoms with Gasteiger partial charge in [0.1, 0.15) is 0 Å². The summed E-state index contributed by atoms with van der Waals surface area (Å²) in [7, 11) is 0. The molecule has 0 aliphatic rings. The third kappa shape index (κ3) is 3.55. The summed E-state index contributed by atoms with van der Waals surface area (Å²) in [5.74, 6) is -0.778. The molecule has 2 rings (SSSR count). The maximum atomic E-state index is 10.4. The minimum Gasteiger partial charge on any atom is -0.481 e. The van der Waals surface area contributed by atoms with E-state index in [2.05, 4.69) is 20.9 Å². The van der Waals surface area contributed by atoms with Gasteiger partial charge in [-0.3, -0.25) is 4.79 Å². The van der Waals surface area contributed by atoms with Crippen molar-refractivity contribution < 1.29 is 9.90 Å². The van der Waals surface area contributed by atoms with Gasteiger partial charge in [-0.25, -0.2) is 4.98 Å². The summed E-state index contributed by atoms with van der Waals surface area (Å²) in [5, 5.41) is 10.5. The molecular formula is C11H8BrNO2S2. The number of carboxylic acid groups (broad SMARTS) is 1. The molecule has 0 aliphatic carbocycles. The first-order valence-electron chi connectivity index (χ1n) is 4.71. The van der Waals surface area contributed by atoms with Gasteiger partial charge in [0, 0.05) is 15.4 Å². The van der Waals surface area contributed by atoms with E-state index in [1.165, 1.54) is 23.1 Å². The number of carboxylic acids is 1. The molecule has 0 spiro atoms. The van der Waals surface area contributed by atoms with Crippen LogP contribution in [-0.2, 0) is 4.79 Å². The predicted octanol–water partition coefficient (Wildman–Crippen LogP) is 3.75. The van der Waals surface area contributed by atoms with Gasteiger partial charge in [-0.05, 0) is 12.1 Å². The van der Waals surface area contributed by atoms with Crippen LogP contribution < -0.4 is 0 Å². The highest BCUT2D eigenvalue weighted by Crippen LogP contribution is 2.29. The molecule has 0 amide bonds. The third-order valence-corrected chi connectivity index (χ3v) is 4.42. The van der Waals surface area contributed by atoms with Crippen molar-refractivity contribution in [1.29, 1.82) is 0 Å². The Morgan fingerprint density at radius 1 is 1.53 bits per heavy atom. The second-order valence-corrected chi connectivity index (χ2v) is 6.19. The Hall–Kier alpha value is -0.850. The molecule has 0 saturated heterocycles. The maximum Gasteiger partial charge on any atom is 0.313 e. The predicted molar refractivity (Wildman–Crippen MR) is 73.6 cm³/mol. The van der Waals surface area contributed by atoms with Gasteiger partial charge in [0.15, 0.2) is 4.34 Å². The van der Waals surface area contributed by atoms with Crippen molar-refractivity contribution in [3.05, 3.63) is 34.1 Å². The lowest BCUT2D eigenvalue weighted by atomic mass is 10.2. The normalized spacial score (nSPS) is 10.4. The fourth-order valence-electron chi connectivity index (χ4n) is 1.23. The van der Waals surface area contributed by atoms with Gasteiger partial charge in [0.05, 0.1) is 11.4 Å². The fourth-order valence-corrected chi connectivity index (χ4v) is 3.18. The molecule has 0 aliphatic heterocycles. The summed E-state index contributed by atoms with van der Waals surface area (Å²) in [5.41, 5.74) is 1.90. The highest BCUT2D eigenvalue weighted by molar-refractivity contribution is 9.10. The van der Waals surface area contributed by atoms with Crippen molar-refractivity contribution in [3.8, 4) is 11.3 Å². The summed E-state index contributed by atoms with van der Waals surface area (Å²) >= 11 is 6.12. The van der Waals surface area contributed by atoms with Crippen molar-refractivity contribution in [2.24, 2.45) is 0 Å². The first-order valence-corrected chi connectivity index (χ1v) is 7.37. The Labute approximate surface area is 115 Å². The minimum absolute atomic E-state index is 0.0471. The van der Waals surface area contributed by atoms with E-state index in [0.717, 1.165) is 20.1 Å². The van der Waals surface area contributed by atoms with Crippen LogP contribution in [0.5, 0.6) is 0 Å². The van der Waals surface area contributed by atoms with E-state index in [-0.39, 0.29) is 5.75 Å². The number of aliphatic carboxylic acids is 1. The van der Waals surface area contributed by atoms with E-state index < -0.39 is 5.97 Å². The summed E-state index contributed by atoms with van der Waals surface area (Å²) < 4.78 is 1.78. The molecule has 1 N–H and O–H groups in total. The number of aromatic nitrogens is 1. The smallest absolute Gasteiger partial charge is 0.313 e. The minimum atomic E-state index is -0.825. The lowest BCUT2D eigenvalue weighted by Gasteiger charge is -1.96. The number of benzene rings is 1. The molecule has 0 saturated carbocycles. The van der Waals surface area contributed by atoms with Crippen LogP contribution >= 0.6 is 39.0 Å². The number of rotatable bonds is 4. The average Bonchev–Trinajstić information content (AvgIpc) is 2.75. The second kappa shape index (κ2) is 5.66. The Kier molecular flexibility index (Phi) is 4.20. The molecule has 88 valence electrons. The molecule has 0 bridgehead atoms. The number of nitrogens with zero attached hydrogens (tertiary/aromatic N) is 1. The van der Waals surface area contributed by atoms with Crippen LogP contribution in [0.4, 0.5) is 0 Å². The Balaban J connectivity index is 2.15. The van der Waals surface area contributed by atoms with Gasteiger partial charge in [-0.15, -0.1) is 11.3 Å². The van der Waals surface area contributed by atoms with E-state index in [9.17, 15) is 4.79 Å². The van der Waals surface area contributed by atoms with E-state index in [0.29, 0.717) is 0 Å². The highest BCUT2D eigenvalue weighted by Gasteiger charge is 2.07. The van der Waals surface area contributed by atoms with Crippen molar-refractivity contribution in [2.45, 2.75) is 4.34 Å². The van der Waals surface area contributed by atoms with Gasteiger partial charge < -0.3 is 5.11 Å². The van der Waals surface area contributed by atoms with Crippen molar-refractivity contribution in [1.82, 2.24) is 4.98 Å². The zero-order chi connectivity index (χ0) is 12.3. The molecule has 6 heteroatoms. The molecule has 1 aromatic carbocycles. The molecule has 0 unspecified atom stereocenters. The number of hydrogen-bond acceptors (Lipinski definition) is 4. The number of halogens is 1. The maximum absolute atomic E-state index is 10.4. The van der Waals surface area contributed by atoms with Crippen LogP contribution in [0.2, 0.25) is 0 Å². The first kappa shape index (κ1) is 12.6. The van der Waals surface area contributed by atoms with Crippen LogP contribution in [0.15, 0.2) is 38.5 Å². The van der Waals surface area contributed by atoms with E-state index in [1.807, 2.05) is 29.6 Å². The molecule has 3 nitrogen and oxygen atoms in total. The zero-order valence-electron chi connectivity index (χ0n) is 8.59. The van der Waals surface area contributed by atoms with Crippen molar-refractivity contribution in [2.75, 3.05) is 5.75 Å². The van der Waals surface area contributed by atoms with E-state index >= 15 is 0 Å². The Morgan fingerprint density at radius 3 is 3.06 bits per heavy atom. The molecule has 1 heterocycles. The zero-order valence-corrected chi connectivity index (χ0v) is 11.8. The number of hydrogen-bond donors (Lipinski definition) is 1. The lowest BCUT2D eigenvalue weighted by Crippen LogP contribution is -1.96. The number of carbonyl (C=O) groups is 1. The van der Waals surface area contributed by atoms with E-state index in [4.69, 9.17) is 5.11 Å². The Morgan fingerprint density at radius 2 is 2.35 bits per heavy atom. The van der Waals surface area contributed by atoms with Gasteiger partial charge in [-0.2, -0.15) is 0 Å². The number of thioether (sulfide) groups is 1.